The Bertz CT molecular complexity index is 586. The lowest BCUT2D eigenvalue weighted by Gasteiger charge is -2.03. The molecule has 0 unspecified atom stereocenters. The van der Waals surface area contributed by atoms with E-state index < -0.39 is 5.97 Å². The normalized spacial score (nSPS) is 12.6. The van der Waals surface area contributed by atoms with Crippen molar-refractivity contribution < 1.29 is 9.53 Å². The Hall–Kier alpha value is -1.91. The molecule has 0 aromatic carbocycles. The first-order valence-electron chi connectivity index (χ1n) is 5.14. The largest absolute Gasteiger partial charge is 0.465 e. The van der Waals surface area contributed by atoms with E-state index in [1.807, 2.05) is 12.2 Å². The summed E-state index contributed by atoms with van der Waals surface area (Å²) in [6.45, 7) is 1.89. The molecule has 1 heterocycles. The van der Waals surface area contributed by atoms with E-state index in [2.05, 4.69) is 5.10 Å². The molecule has 0 bridgehead atoms. The van der Waals surface area contributed by atoms with E-state index in [-0.39, 0.29) is 12.1 Å². The maximum atomic E-state index is 11.8. The second kappa shape index (κ2) is 4.30. The Balaban J connectivity index is 2.35. The topological polar surface area (TPSA) is 61.2 Å². The quantitative estimate of drug-likeness (QED) is 0.598. The van der Waals surface area contributed by atoms with E-state index in [1.165, 1.54) is 0 Å². The number of nitrogens with zero attached hydrogens (tertiary/aromatic N) is 2. The summed E-state index contributed by atoms with van der Waals surface area (Å²) in [6.07, 6.45) is 6.11. The molecule has 0 fully saturated rings. The van der Waals surface area contributed by atoms with E-state index in [0.717, 1.165) is 16.3 Å². The Morgan fingerprint density at radius 2 is 2.38 bits per heavy atom. The zero-order valence-corrected chi connectivity index (χ0v) is 8.97. The van der Waals surface area contributed by atoms with Gasteiger partial charge in [-0.3, -0.25) is 9.59 Å². The van der Waals surface area contributed by atoms with Crippen molar-refractivity contribution in [1.82, 2.24) is 9.78 Å². The summed E-state index contributed by atoms with van der Waals surface area (Å²) in [6, 6.07) is 0. The van der Waals surface area contributed by atoms with Crippen LogP contribution in [0, 0.1) is 0 Å². The molecule has 84 valence electrons. The molecule has 1 aliphatic rings. The number of carbonyl (C=O) groups excluding carboxylic acids is 1. The molecular formula is C11H12N2O3. The summed E-state index contributed by atoms with van der Waals surface area (Å²) in [5.41, 5.74) is -0.237. The highest BCUT2D eigenvalue weighted by Crippen LogP contribution is 1.86. The van der Waals surface area contributed by atoms with E-state index in [9.17, 15) is 9.59 Å². The van der Waals surface area contributed by atoms with Gasteiger partial charge in [-0.1, -0.05) is 12.2 Å². The third-order valence-corrected chi connectivity index (χ3v) is 2.36. The summed E-state index contributed by atoms with van der Waals surface area (Å²) in [5.74, 6) is -0.445. The first-order valence-corrected chi connectivity index (χ1v) is 5.14. The maximum absolute atomic E-state index is 11.8. The van der Waals surface area contributed by atoms with Crippen LogP contribution in [0.4, 0.5) is 0 Å². The van der Waals surface area contributed by atoms with Crippen molar-refractivity contribution in [3.05, 3.63) is 27.0 Å². The number of rotatable bonds is 3. The molecule has 16 heavy (non-hydrogen) atoms. The van der Waals surface area contributed by atoms with Gasteiger partial charge >= 0.3 is 5.97 Å². The average Bonchev–Trinajstić information content (AvgIpc) is 2.71. The minimum atomic E-state index is -0.445. The second-order valence-electron chi connectivity index (χ2n) is 3.43. The number of esters is 1. The van der Waals surface area contributed by atoms with Gasteiger partial charge in [0.2, 0.25) is 0 Å². The zero-order chi connectivity index (χ0) is 11.5. The van der Waals surface area contributed by atoms with Crippen molar-refractivity contribution in [3.63, 3.8) is 0 Å². The molecule has 0 radical (unpaired) electrons. The van der Waals surface area contributed by atoms with Gasteiger partial charge in [-0.2, -0.15) is 5.10 Å². The van der Waals surface area contributed by atoms with E-state index in [4.69, 9.17) is 4.74 Å². The SMILES string of the molecule is CCOC(=O)Cn1ncc2c(c1=O)=CCC=2. The third-order valence-electron chi connectivity index (χ3n) is 2.36. The molecule has 5 nitrogen and oxygen atoms in total. The molecule has 0 saturated heterocycles. The van der Waals surface area contributed by atoms with Gasteiger partial charge in [0.25, 0.3) is 5.56 Å². The molecule has 0 spiro atoms. The van der Waals surface area contributed by atoms with Crippen LogP contribution in [0.2, 0.25) is 0 Å². The summed E-state index contributed by atoms with van der Waals surface area (Å²) >= 11 is 0. The van der Waals surface area contributed by atoms with Crippen LogP contribution < -0.4 is 16.0 Å². The van der Waals surface area contributed by atoms with Gasteiger partial charge in [0.05, 0.1) is 12.8 Å². The van der Waals surface area contributed by atoms with Crippen molar-refractivity contribution >= 4 is 18.1 Å². The van der Waals surface area contributed by atoms with Crippen LogP contribution in [-0.4, -0.2) is 22.4 Å². The predicted molar refractivity (Wildman–Crippen MR) is 57.9 cm³/mol. The Labute approximate surface area is 91.7 Å². The predicted octanol–water partition coefficient (Wildman–Crippen LogP) is -1.23. The standard InChI is InChI=1S/C11H12N2O3/c1-2-16-10(14)7-13-11(15)9-5-3-4-8(9)6-12-13/h4-6H,2-3,7H2,1H3. The first kappa shape index (κ1) is 10.6. The van der Waals surface area contributed by atoms with E-state index in [1.54, 1.807) is 13.1 Å². The van der Waals surface area contributed by atoms with Crippen molar-refractivity contribution in [1.29, 1.82) is 0 Å². The number of carbonyl (C=O) groups is 1. The summed E-state index contributed by atoms with van der Waals surface area (Å²) in [5, 5.41) is 5.39. The van der Waals surface area contributed by atoms with Gasteiger partial charge in [-0.25, -0.2) is 4.68 Å². The Morgan fingerprint density at radius 1 is 1.56 bits per heavy atom. The molecule has 1 aromatic rings. The van der Waals surface area contributed by atoms with Gasteiger partial charge in [0.1, 0.15) is 6.54 Å². The molecule has 0 N–H and O–H groups in total. The number of fused-ring (bicyclic) bond motifs is 1. The highest BCUT2D eigenvalue weighted by molar-refractivity contribution is 5.68. The van der Waals surface area contributed by atoms with Crippen LogP contribution in [0.25, 0.3) is 12.2 Å². The monoisotopic (exact) mass is 220 g/mol. The lowest BCUT2D eigenvalue weighted by molar-refractivity contribution is -0.144. The highest BCUT2D eigenvalue weighted by atomic mass is 16.5. The molecule has 5 heteroatoms. The van der Waals surface area contributed by atoms with Crippen LogP contribution in [0.3, 0.4) is 0 Å². The molecular weight excluding hydrogens is 208 g/mol. The average molecular weight is 220 g/mol. The molecule has 0 saturated carbocycles. The molecule has 2 rings (SSSR count). The molecule has 0 aliphatic heterocycles. The van der Waals surface area contributed by atoms with Crippen LogP contribution in [-0.2, 0) is 16.1 Å². The molecule has 0 amide bonds. The van der Waals surface area contributed by atoms with Crippen LogP contribution in [0.15, 0.2) is 11.0 Å². The van der Waals surface area contributed by atoms with Crippen LogP contribution >= 0.6 is 0 Å². The fourth-order valence-corrected chi connectivity index (χ4v) is 1.63. The molecule has 1 aromatic heterocycles. The molecule has 1 aliphatic carbocycles. The fourth-order valence-electron chi connectivity index (χ4n) is 1.63. The summed E-state index contributed by atoms with van der Waals surface area (Å²) in [7, 11) is 0. The third kappa shape index (κ3) is 1.88. The number of hydrogen-bond acceptors (Lipinski definition) is 4. The lowest BCUT2D eigenvalue weighted by atomic mass is 10.4. The Morgan fingerprint density at radius 3 is 3.12 bits per heavy atom. The van der Waals surface area contributed by atoms with Gasteiger partial charge in [-0.15, -0.1) is 0 Å². The van der Waals surface area contributed by atoms with E-state index >= 15 is 0 Å². The number of hydrogen-bond donors (Lipinski definition) is 0. The lowest BCUT2D eigenvalue weighted by Crippen LogP contribution is -2.45. The minimum absolute atomic E-state index is 0.131. The van der Waals surface area contributed by atoms with Gasteiger partial charge < -0.3 is 4.74 Å². The fraction of sp³-hybridized carbons (Fsp3) is 0.364. The summed E-state index contributed by atoms with van der Waals surface area (Å²) in [4.78, 5) is 23.1. The van der Waals surface area contributed by atoms with Gasteiger partial charge in [0, 0.05) is 10.4 Å². The van der Waals surface area contributed by atoms with Gasteiger partial charge in [-0.05, 0) is 13.3 Å². The number of aromatic nitrogens is 2. The number of ether oxygens (including phenoxy) is 1. The van der Waals surface area contributed by atoms with Crippen molar-refractivity contribution in [2.24, 2.45) is 0 Å². The van der Waals surface area contributed by atoms with Crippen molar-refractivity contribution in [3.8, 4) is 0 Å². The second-order valence-corrected chi connectivity index (χ2v) is 3.43. The molecule has 0 atom stereocenters. The van der Waals surface area contributed by atoms with Crippen molar-refractivity contribution in [2.45, 2.75) is 19.9 Å². The smallest absolute Gasteiger partial charge is 0.327 e. The van der Waals surface area contributed by atoms with Gasteiger partial charge in [0.15, 0.2) is 0 Å². The Kier molecular flexibility index (Phi) is 2.85. The van der Waals surface area contributed by atoms with Crippen LogP contribution in [0.5, 0.6) is 0 Å². The minimum Gasteiger partial charge on any atom is -0.465 e. The maximum Gasteiger partial charge on any atom is 0.327 e. The van der Waals surface area contributed by atoms with E-state index in [0.29, 0.717) is 11.8 Å². The zero-order valence-electron chi connectivity index (χ0n) is 8.97. The van der Waals surface area contributed by atoms with Crippen molar-refractivity contribution in [2.75, 3.05) is 6.61 Å². The van der Waals surface area contributed by atoms with Crippen LogP contribution in [0.1, 0.15) is 13.3 Å². The first-order chi connectivity index (χ1) is 7.72. The summed E-state index contributed by atoms with van der Waals surface area (Å²) < 4.78 is 5.89. The highest BCUT2D eigenvalue weighted by Gasteiger charge is 2.08.